The van der Waals surface area contributed by atoms with Crippen LogP contribution in [0.25, 0.3) is 0 Å². The van der Waals surface area contributed by atoms with E-state index in [1.807, 2.05) is 25.9 Å². The topological polar surface area (TPSA) is 79.5 Å². The number of hydrogen-bond donors (Lipinski definition) is 1. The van der Waals surface area contributed by atoms with Gasteiger partial charge in [0.05, 0.1) is 0 Å². The van der Waals surface area contributed by atoms with E-state index in [2.05, 4.69) is 4.98 Å². The van der Waals surface area contributed by atoms with Crippen LogP contribution in [-0.4, -0.2) is 56.3 Å². The molecule has 1 aromatic heterocycles. The van der Waals surface area contributed by atoms with Crippen molar-refractivity contribution < 1.29 is 8.42 Å². The average Bonchev–Trinajstić information content (AvgIpc) is 2.34. The van der Waals surface area contributed by atoms with Gasteiger partial charge in [-0.2, -0.15) is 4.31 Å². The molecule has 0 atom stereocenters. The highest BCUT2D eigenvalue weighted by molar-refractivity contribution is 7.89. The molecule has 7 heteroatoms. The van der Waals surface area contributed by atoms with Gasteiger partial charge in [-0.3, -0.25) is 0 Å². The second-order valence-corrected chi connectivity index (χ2v) is 6.45. The third-order valence-corrected chi connectivity index (χ3v) is 4.80. The highest BCUT2D eigenvalue weighted by Gasteiger charge is 2.25. The summed E-state index contributed by atoms with van der Waals surface area (Å²) in [6.45, 7) is 3.56. The first-order chi connectivity index (χ1) is 8.89. The van der Waals surface area contributed by atoms with Crippen molar-refractivity contribution >= 4 is 15.8 Å². The maximum Gasteiger partial charge on any atom is 0.246 e. The summed E-state index contributed by atoms with van der Waals surface area (Å²) in [7, 11) is 0.372. The van der Waals surface area contributed by atoms with E-state index < -0.39 is 10.0 Å². The molecule has 108 valence electrons. The van der Waals surface area contributed by atoms with Crippen molar-refractivity contribution in [3.63, 3.8) is 0 Å². The Hall–Kier alpha value is -1.18. The Kier molecular flexibility index (Phi) is 5.71. The van der Waals surface area contributed by atoms with E-state index in [-0.39, 0.29) is 10.7 Å². The van der Waals surface area contributed by atoms with Crippen molar-refractivity contribution in [3.8, 4) is 0 Å². The van der Waals surface area contributed by atoms with Gasteiger partial charge in [-0.05, 0) is 39.2 Å². The van der Waals surface area contributed by atoms with Gasteiger partial charge in [0.25, 0.3) is 0 Å². The second-order valence-electron chi connectivity index (χ2n) is 4.54. The lowest BCUT2D eigenvalue weighted by Crippen LogP contribution is -2.33. The van der Waals surface area contributed by atoms with Crippen LogP contribution in [0.15, 0.2) is 23.2 Å². The zero-order valence-electron chi connectivity index (χ0n) is 11.7. The molecule has 0 amide bonds. The number of nitrogens with two attached hydrogens (primary N) is 1. The normalized spacial score (nSPS) is 12.3. The van der Waals surface area contributed by atoms with E-state index in [1.54, 1.807) is 6.07 Å². The Balaban J connectivity index is 2.87. The van der Waals surface area contributed by atoms with Crippen molar-refractivity contribution in [3.05, 3.63) is 18.3 Å². The van der Waals surface area contributed by atoms with Gasteiger partial charge in [0.1, 0.15) is 10.7 Å². The lowest BCUT2D eigenvalue weighted by Gasteiger charge is -2.21. The molecule has 1 aromatic rings. The highest BCUT2D eigenvalue weighted by atomic mass is 32.2. The Bertz CT molecular complexity index is 502. The minimum absolute atomic E-state index is 0.0496. The first kappa shape index (κ1) is 15.9. The van der Waals surface area contributed by atoms with Gasteiger partial charge in [0, 0.05) is 19.3 Å². The smallest absolute Gasteiger partial charge is 0.246 e. The fraction of sp³-hybridized carbons (Fsp3) is 0.583. The van der Waals surface area contributed by atoms with Crippen LogP contribution >= 0.6 is 0 Å². The number of hydrogen-bond acceptors (Lipinski definition) is 5. The van der Waals surface area contributed by atoms with E-state index in [4.69, 9.17) is 5.73 Å². The molecule has 0 radical (unpaired) electrons. The van der Waals surface area contributed by atoms with Crippen LogP contribution in [0.3, 0.4) is 0 Å². The standard InChI is InChI=1S/C12H22N4O2S/c1-4-16(10-6-9-15(2)3)19(17,18)11-7-5-8-14-12(11)13/h5,7-8H,4,6,9-10H2,1-3H3,(H2,13,14). The molecule has 0 spiro atoms. The molecule has 1 rings (SSSR count). The summed E-state index contributed by atoms with van der Waals surface area (Å²) in [5.41, 5.74) is 5.65. The molecule has 0 aliphatic rings. The molecule has 0 aromatic carbocycles. The molecule has 6 nitrogen and oxygen atoms in total. The monoisotopic (exact) mass is 286 g/mol. The molecule has 0 unspecified atom stereocenters. The van der Waals surface area contributed by atoms with Crippen LogP contribution in [0.5, 0.6) is 0 Å². The molecule has 19 heavy (non-hydrogen) atoms. The van der Waals surface area contributed by atoms with Gasteiger partial charge >= 0.3 is 0 Å². The van der Waals surface area contributed by atoms with E-state index in [9.17, 15) is 8.42 Å². The molecule has 1 heterocycles. The van der Waals surface area contributed by atoms with E-state index in [1.165, 1.54) is 16.6 Å². The van der Waals surface area contributed by atoms with Gasteiger partial charge in [-0.15, -0.1) is 0 Å². The second kappa shape index (κ2) is 6.83. The van der Waals surface area contributed by atoms with Crippen LogP contribution in [0, 0.1) is 0 Å². The van der Waals surface area contributed by atoms with Gasteiger partial charge in [-0.25, -0.2) is 13.4 Å². The highest BCUT2D eigenvalue weighted by Crippen LogP contribution is 2.19. The molecule has 0 aliphatic heterocycles. The van der Waals surface area contributed by atoms with E-state index in [0.717, 1.165) is 13.0 Å². The minimum Gasteiger partial charge on any atom is -0.383 e. The van der Waals surface area contributed by atoms with E-state index >= 15 is 0 Å². The Labute approximate surface area is 115 Å². The maximum absolute atomic E-state index is 12.5. The summed E-state index contributed by atoms with van der Waals surface area (Å²) in [6, 6.07) is 3.07. The number of nitrogen functional groups attached to an aromatic ring is 1. The maximum atomic E-state index is 12.5. The molecule has 0 saturated carbocycles. The quantitative estimate of drug-likeness (QED) is 0.795. The summed E-state index contributed by atoms with van der Waals surface area (Å²) in [4.78, 5) is 5.95. The van der Waals surface area contributed by atoms with Crippen LogP contribution < -0.4 is 5.73 Å². The van der Waals surface area contributed by atoms with Crippen molar-refractivity contribution in [2.24, 2.45) is 0 Å². The third-order valence-electron chi connectivity index (χ3n) is 2.78. The average molecular weight is 286 g/mol. The predicted octanol–water partition coefficient (Wildman–Crippen LogP) is 0.626. The number of sulfonamides is 1. The zero-order chi connectivity index (χ0) is 14.5. The molecule has 0 fully saturated rings. The molecule has 0 bridgehead atoms. The fourth-order valence-corrected chi connectivity index (χ4v) is 3.33. The van der Waals surface area contributed by atoms with Crippen molar-refractivity contribution in [2.45, 2.75) is 18.2 Å². The predicted molar refractivity (Wildman–Crippen MR) is 76.3 cm³/mol. The van der Waals surface area contributed by atoms with Gasteiger partial charge in [0.15, 0.2) is 0 Å². The Morgan fingerprint density at radius 1 is 1.32 bits per heavy atom. The first-order valence-electron chi connectivity index (χ1n) is 6.25. The molecular weight excluding hydrogens is 264 g/mol. The Morgan fingerprint density at radius 2 is 2.00 bits per heavy atom. The zero-order valence-corrected chi connectivity index (χ0v) is 12.5. The SMILES string of the molecule is CCN(CCCN(C)C)S(=O)(=O)c1cccnc1N. The van der Waals surface area contributed by atoms with Crippen LogP contribution in [0.2, 0.25) is 0 Å². The summed E-state index contributed by atoms with van der Waals surface area (Å²) in [5, 5.41) is 0. The summed E-state index contributed by atoms with van der Waals surface area (Å²) >= 11 is 0. The van der Waals surface area contributed by atoms with Crippen LogP contribution in [0.4, 0.5) is 5.82 Å². The van der Waals surface area contributed by atoms with Crippen LogP contribution in [-0.2, 0) is 10.0 Å². The van der Waals surface area contributed by atoms with Crippen molar-refractivity contribution in [1.29, 1.82) is 0 Å². The summed E-state index contributed by atoms with van der Waals surface area (Å²) < 4.78 is 26.3. The third kappa shape index (κ3) is 4.15. The fourth-order valence-electron chi connectivity index (χ4n) is 1.77. The van der Waals surface area contributed by atoms with E-state index in [0.29, 0.717) is 13.1 Å². The van der Waals surface area contributed by atoms with Crippen molar-refractivity contribution in [2.75, 3.05) is 39.5 Å². The van der Waals surface area contributed by atoms with Gasteiger partial charge < -0.3 is 10.6 Å². The number of anilines is 1. The number of pyridine rings is 1. The number of nitrogens with zero attached hydrogens (tertiary/aromatic N) is 3. The Morgan fingerprint density at radius 3 is 2.53 bits per heavy atom. The van der Waals surface area contributed by atoms with Crippen molar-refractivity contribution in [1.82, 2.24) is 14.2 Å². The summed E-state index contributed by atoms with van der Waals surface area (Å²) in [5.74, 6) is 0.0496. The lowest BCUT2D eigenvalue weighted by atomic mass is 10.4. The molecule has 2 N–H and O–H groups in total. The van der Waals surface area contributed by atoms with Gasteiger partial charge in [0.2, 0.25) is 10.0 Å². The molecule has 0 aliphatic carbocycles. The summed E-state index contributed by atoms with van der Waals surface area (Å²) in [6.07, 6.45) is 2.26. The lowest BCUT2D eigenvalue weighted by molar-refractivity contribution is 0.356. The largest absolute Gasteiger partial charge is 0.383 e. The van der Waals surface area contributed by atoms with Crippen LogP contribution in [0.1, 0.15) is 13.3 Å². The number of aromatic nitrogens is 1. The molecular formula is C12H22N4O2S. The first-order valence-corrected chi connectivity index (χ1v) is 7.69. The van der Waals surface area contributed by atoms with Gasteiger partial charge in [-0.1, -0.05) is 6.92 Å². The molecule has 0 saturated heterocycles. The number of rotatable bonds is 7. The minimum atomic E-state index is -3.55.